The van der Waals surface area contributed by atoms with E-state index in [1.54, 1.807) is 0 Å². The van der Waals surface area contributed by atoms with E-state index in [0.29, 0.717) is 24.3 Å². The lowest BCUT2D eigenvalue weighted by Crippen LogP contribution is -2.46. The molecule has 1 aliphatic heterocycles. The minimum absolute atomic E-state index is 0. The van der Waals surface area contributed by atoms with Crippen LogP contribution < -0.4 is 10.6 Å². The van der Waals surface area contributed by atoms with E-state index in [1.807, 2.05) is 0 Å². The smallest absolute Gasteiger partial charge is 0.191 e. The van der Waals surface area contributed by atoms with Gasteiger partial charge in [0.05, 0.1) is 12.2 Å². The van der Waals surface area contributed by atoms with Crippen LogP contribution >= 0.6 is 24.0 Å². The highest BCUT2D eigenvalue weighted by Gasteiger charge is 2.21. The van der Waals surface area contributed by atoms with Crippen molar-refractivity contribution in [3.8, 4) is 0 Å². The first-order valence-corrected chi connectivity index (χ1v) is 10.5. The van der Waals surface area contributed by atoms with E-state index < -0.39 is 0 Å². The lowest BCUT2D eigenvalue weighted by Gasteiger charge is -2.35. The Morgan fingerprint density at radius 1 is 1.11 bits per heavy atom. The minimum Gasteiger partial charge on any atom is -0.373 e. The van der Waals surface area contributed by atoms with Crippen LogP contribution in [0.3, 0.4) is 0 Å². The van der Waals surface area contributed by atoms with Crippen molar-refractivity contribution < 1.29 is 4.74 Å². The summed E-state index contributed by atoms with van der Waals surface area (Å²) in [5, 5.41) is 6.83. The lowest BCUT2D eigenvalue weighted by atomic mass is 10.2. The second-order valence-electron chi connectivity index (χ2n) is 7.98. The molecule has 1 fully saturated rings. The molecule has 2 atom stereocenters. The zero-order valence-electron chi connectivity index (χ0n) is 18.6. The molecule has 1 rings (SSSR count). The molecule has 1 heterocycles. The van der Waals surface area contributed by atoms with Crippen molar-refractivity contribution in [2.24, 2.45) is 4.99 Å². The van der Waals surface area contributed by atoms with Crippen LogP contribution in [0, 0.1) is 0 Å². The van der Waals surface area contributed by atoms with Gasteiger partial charge < -0.3 is 15.4 Å². The summed E-state index contributed by atoms with van der Waals surface area (Å²) in [6, 6.07) is 1.13. The van der Waals surface area contributed by atoms with Gasteiger partial charge in [0.2, 0.25) is 0 Å². The average Bonchev–Trinajstić information content (AvgIpc) is 2.53. The number of guanidine groups is 1. The Kier molecular flexibility index (Phi) is 14.8. The molecule has 0 amide bonds. The van der Waals surface area contributed by atoms with Crippen LogP contribution in [-0.4, -0.2) is 85.9 Å². The number of halogens is 1. The molecule has 7 heteroatoms. The maximum Gasteiger partial charge on any atom is 0.191 e. The summed E-state index contributed by atoms with van der Waals surface area (Å²) < 4.78 is 5.80. The Balaban J connectivity index is 0.00000676. The van der Waals surface area contributed by atoms with Crippen molar-refractivity contribution in [3.63, 3.8) is 0 Å². The Hall–Kier alpha value is -0.120. The predicted octanol–water partition coefficient (Wildman–Crippen LogP) is 2.78. The summed E-state index contributed by atoms with van der Waals surface area (Å²) in [6.07, 6.45) is 1.76. The number of morpholine rings is 1. The number of hydrogen-bond acceptors (Lipinski definition) is 4. The van der Waals surface area contributed by atoms with E-state index in [0.717, 1.165) is 58.2 Å². The molecule has 1 aliphatic rings. The third-order valence-corrected chi connectivity index (χ3v) is 4.73. The highest BCUT2D eigenvalue weighted by Crippen LogP contribution is 2.10. The van der Waals surface area contributed by atoms with Crippen LogP contribution in [0.15, 0.2) is 4.99 Å². The maximum absolute atomic E-state index is 5.80. The maximum atomic E-state index is 5.80. The van der Waals surface area contributed by atoms with Crippen LogP contribution in [0.2, 0.25) is 0 Å². The van der Waals surface area contributed by atoms with Crippen LogP contribution in [0.1, 0.15) is 54.9 Å². The summed E-state index contributed by atoms with van der Waals surface area (Å²) in [5.41, 5.74) is 0. The molecule has 0 aromatic heterocycles. The fourth-order valence-corrected chi connectivity index (χ4v) is 3.71. The molecule has 6 nitrogen and oxygen atoms in total. The molecule has 0 bridgehead atoms. The molecule has 0 aliphatic carbocycles. The van der Waals surface area contributed by atoms with Crippen molar-refractivity contribution in [2.75, 3.05) is 45.8 Å². The molecule has 0 spiro atoms. The molecule has 1 saturated heterocycles. The zero-order valence-corrected chi connectivity index (χ0v) is 21.0. The van der Waals surface area contributed by atoms with Gasteiger partial charge in [-0.05, 0) is 54.9 Å². The normalized spacial score (nSPS) is 21.6. The first-order chi connectivity index (χ1) is 12.3. The fraction of sp³-hybridized carbons (Fsp3) is 0.950. The third-order valence-electron chi connectivity index (χ3n) is 4.73. The van der Waals surface area contributed by atoms with Crippen molar-refractivity contribution in [1.82, 2.24) is 20.4 Å². The quantitative estimate of drug-likeness (QED) is 0.211. The minimum atomic E-state index is 0. The monoisotopic (exact) mass is 497 g/mol. The molecule has 0 aromatic carbocycles. The molecule has 0 aromatic rings. The molecule has 0 saturated carbocycles. The second kappa shape index (κ2) is 14.8. The molecule has 27 heavy (non-hydrogen) atoms. The molecular formula is C20H44IN5O. The number of nitrogens with one attached hydrogen (secondary N) is 2. The van der Waals surface area contributed by atoms with Gasteiger partial charge in [0.1, 0.15) is 0 Å². The summed E-state index contributed by atoms with van der Waals surface area (Å²) in [7, 11) is 0. The van der Waals surface area contributed by atoms with E-state index in [4.69, 9.17) is 9.73 Å². The third kappa shape index (κ3) is 11.5. The van der Waals surface area contributed by atoms with E-state index in [9.17, 15) is 0 Å². The molecule has 162 valence electrons. The van der Waals surface area contributed by atoms with Gasteiger partial charge in [0.25, 0.3) is 0 Å². The van der Waals surface area contributed by atoms with E-state index >= 15 is 0 Å². The number of aliphatic imine (C=N–C) groups is 1. The Morgan fingerprint density at radius 2 is 1.70 bits per heavy atom. The van der Waals surface area contributed by atoms with Gasteiger partial charge in [-0.3, -0.25) is 14.8 Å². The number of nitrogens with zero attached hydrogens (tertiary/aromatic N) is 3. The van der Waals surface area contributed by atoms with Gasteiger partial charge in [-0.1, -0.05) is 0 Å². The Labute approximate surface area is 184 Å². The van der Waals surface area contributed by atoms with Gasteiger partial charge >= 0.3 is 0 Å². The number of hydrogen-bond donors (Lipinski definition) is 2. The van der Waals surface area contributed by atoms with Gasteiger partial charge in [-0.2, -0.15) is 0 Å². The van der Waals surface area contributed by atoms with Gasteiger partial charge in [-0.25, -0.2) is 0 Å². The SMILES string of the molecule is CCNC(=NCCCN1CC(C)OC(C)C1)NCCN(C(C)C)C(C)C.I. The van der Waals surface area contributed by atoms with E-state index in [-0.39, 0.29) is 24.0 Å². The van der Waals surface area contributed by atoms with Crippen molar-refractivity contribution in [3.05, 3.63) is 0 Å². The van der Waals surface area contributed by atoms with Crippen LogP contribution in [-0.2, 0) is 4.74 Å². The van der Waals surface area contributed by atoms with Crippen molar-refractivity contribution in [1.29, 1.82) is 0 Å². The highest BCUT2D eigenvalue weighted by molar-refractivity contribution is 14.0. The van der Waals surface area contributed by atoms with E-state index in [1.165, 1.54) is 0 Å². The molecule has 2 unspecified atom stereocenters. The predicted molar refractivity (Wildman–Crippen MR) is 127 cm³/mol. The lowest BCUT2D eigenvalue weighted by molar-refractivity contribution is -0.0679. The van der Waals surface area contributed by atoms with Crippen LogP contribution in [0.25, 0.3) is 0 Å². The van der Waals surface area contributed by atoms with Crippen molar-refractivity contribution in [2.45, 2.75) is 79.2 Å². The first kappa shape index (κ1) is 26.9. The van der Waals surface area contributed by atoms with Gasteiger partial charge in [0.15, 0.2) is 5.96 Å². The summed E-state index contributed by atoms with van der Waals surface area (Å²) in [6.45, 7) is 22.3. The first-order valence-electron chi connectivity index (χ1n) is 10.5. The summed E-state index contributed by atoms with van der Waals surface area (Å²) in [5.74, 6) is 0.934. The number of ether oxygens (including phenoxy) is 1. The Bertz CT molecular complexity index is 388. The van der Waals surface area contributed by atoms with E-state index in [2.05, 4.69) is 68.9 Å². The molecular weight excluding hydrogens is 453 g/mol. The standard InChI is InChI=1S/C20H43N5O.HI/c1-8-21-20(23-11-13-25(16(2)3)17(4)5)22-10-9-12-24-14-18(6)26-19(7)15-24;/h16-19H,8-15H2,1-7H3,(H2,21,22,23);1H. The van der Waals surface area contributed by atoms with Crippen molar-refractivity contribution >= 4 is 29.9 Å². The number of rotatable bonds is 10. The summed E-state index contributed by atoms with van der Waals surface area (Å²) in [4.78, 5) is 9.74. The molecule has 0 radical (unpaired) electrons. The molecule has 2 N–H and O–H groups in total. The summed E-state index contributed by atoms with van der Waals surface area (Å²) >= 11 is 0. The fourth-order valence-electron chi connectivity index (χ4n) is 3.71. The Morgan fingerprint density at radius 3 is 2.22 bits per heavy atom. The topological polar surface area (TPSA) is 52.1 Å². The zero-order chi connectivity index (χ0) is 19.5. The second-order valence-corrected chi connectivity index (χ2v) is 7.98. The van der Waals surface area contributed by atoms with Gasteiger partial charge in [0, 0.05) is 57.9 Å². The average molecular weight is 498 g/mol. The van der Waals surface area contributed by atoms with Crippen LogP contribution in [0.4, 0.5) is 0 Å². The highest BCUT2D eigenvalue weighted by atomic mass is 127. The van der Waals surface area contributed by atoms with Crippen LogP contribution in [0.5, 0.6) is 0 Å². The van der Waals surface area contributed by atoms with Gasteiger partial charge in [-0.15, -0.1) is 24.0 Å². The largest absolute Gasteiger partial charge is 0.373 e.